The molecule has 1 aliphatic heterocycles. The summed E-state index contributed by atoms with van der Waals surface area (Å²) in [5.41, 5.74) is 9.55. The number of aryl methyl sites for hydroxylation is 1. The summed E-state index contributed by atoms with van der Waals surface area (Å²) in [6.45, 7) is 2.09. The first kappa shape index (κ1) is 9.37. The van der Waals surface area contributed by atoms with Gasteiger partial charge in [0.25, 0.3) is 0 Å². The number of nitrogens with one attached hydrogen (secondary N) is 1. The Bertz CT molecular complexity index is 375. The van der Waals surface area contributed by atoms with E-state index in [1.807, 2.05) is 0 Å². The van der Waals surface area contributed by atoms with E-state index in [0.717, 1.165) is 25.9 Å². The summed E-state index contributed by atoms with van der Waals surface area (Å²) >= 11 is 0. The van der Waals surface area contributed by atoms with E-state index in [1.165, 1.54) is 17.5 Å². The highest BCUT2D eigenvalue weighted by atomic mass is 15.0. The number of rotatable bonds is 0. The van der Waals surface area contributed by atoms with Gasteiger partial charge in [0.1, 0.15) is 0 Å². The van der Waals surface area contributed by atoms with Gasteiger partial charge in [0.15, 0.2) is 0 Å². The van der Waals surface area contributed by atoms with Crippen LogP contribution in [0.15, 0.2) is 24.3 Å². The fraction of sp³-hybridized carbons (Fsp3) is 0.538. The van der Waals surface area contributed by atoms with Gasteiger partial charge in [-0.1, -0.05) is 24.3 Å². The first-order valence-electron chi connectivity index (χ1n) is 5.87. The number of benzene rings is 1. The maximum absolute atomic E-state index is 6.52. The Kier molecular flexibility index (Phi) is 2.08. The largest absolute Gasteiger partial charge is 0.323 e. The zero-order valence-electron chi connectivity index (χ0n) is 9.00. The van der Waals surface area contributed by atoms with Gasteiger partial charge in [-0.3, -0.25) is 0 Å². The van der Waals surface area contributed by atoms with Gasteiger partial charge in [0.2, 0.25) is 0 Å². The minimum Gasteiger partial charge on any atom is -0.323 e. The minimum absolute atomic E-state index is 0.00655. The molecule has 1 aromatic carbocycles. The molecular formula is C13H18N2. The lowest BCUT2D eigenvalue weighted by molar-refractivity contribution is 0.239. The maximum atomic E-state index is 6.52. The SMILES string of the molecule is N[C@@]12CCc3ccccc3[C@H]1CCNC2. The third-order valence-electron chi connectivity index (χ3n) is 4.05. The number of fused-ring (bicyclic) bond motifs is 3. The van der Waals surface area contributed by atoms with Crippen molar-refractivity contribution in [3.8, 4) is 0 Å². The molecule has 2 nitrogen and oxygen atoms in total. The first-order chi connectivity index (χ1) is 7.30. The summed E-state index contributed by atoms with van der Waals surface area (Å²) in [4.78, 5) is 0. The van der Waals surface area contributed by atoms with Gasteiger partial charge in [0.05, 0.1) is 0 Å². The van der Waals surface area contributed by atoms with E-state index >= 15 is 0 Å². The third kappa shape index (κ3) is 1.40. The predicted molar refractivity (Wildman–Crippen MR) is 61.9 cm³/mol. The summed E-state index contributed by atoms with van der Waals surface area (Å²) in [5, 5.41) is 3.43. The van der Waals surface area contributed by atoms with Crippen LogP contribution in [-0.2, 0) is 6.42 Å². The molecule has 1 heterocycles. The number of piperidine rings is 1. The van der Waals surface area contributed by atoms with Crippen molar-refractivity contribution in [3.63, 3.8) is 0 Å². The lowest BCUT2D eigenvalue weighted by Gasteiger charge is -2.46. The monoisotopic (exact) mass is 202 g/mol. The molecule has 0 aromatic heterocycles. The summed E-state index contributed by atoms with van der Waals surface area (Å²) in [6.07, 6.45) is 3.46. The molecule has 1 aliphatic carbocycles. The highest BCUT2D eigenvalue weighted by molar-refractivity contribution is 5.37. The van der Waals surface area contributed by atoms with Gasteiger partial charge in [-0.05, 0) is 36.9 Å². The second-order valence-electron chi connectivity index (χ2n) is 4.95. The third-order valence-corrected chi connectivity index (χ3v) is 4.05. The summed E-state index contributed by atoms with van der Waals surface area (Å²) in [6, 6.07) is 8.82. The molecule has 3 rings (SSSR count). The van der Waals surface area contributed by atoms with Crippen LogP contribution < -0.4 is 11.1 Å². The molecule has 2 atom stereocenters. The molecule has 0 amide bonds. The van der Waals surface area contributed by atoms with Gasteiger partial charge in [-0.25, -0.2) is 0 Å². The Morgan fingerprint density at radius 3 is 3.13 bits per heavy atom. The van der Waals surface area contributed by atoms with Crippen molar-refractivity contribution < 1.29 is 0 Å². The molecule has 0 saturated carbocycles. The first-order valence-corrected chi connectivity index (χ1v) is 5.87. The zero-order chi connectivity index (χ0) is 10.3. The summed E-state index contributed by atoms with van der Waals surface area (Å²) in [5.74, 6) is 0.573. The van der Waals surface area contributed by atoms with Crippen LogP contribution >= 0.6 is 0 Å². The van der Waals surface area contributed by atoms with Crippen molar-refractivity contribution in [2.75, 3.05) is 13.1 Å². The van der Waals surface area contributed by atoms with Gasteiger partial charge >= 0.3 is 0 Å². The van der Waals surface area contributed by atoms with E-state index in [4.69, 9.17) is 5.73 Å². The standard InChI is InChI=1S/C13H18N2/c14-13-7-5-10-3-1-2-4-11(10)12(13)6-8-15-9-13/h1-4,12,15H,5-9,14H2/t12-,13-/m1/s1. The molecule has 3 N–H and O–H groups in total. The molecule has 80 valence electrons. The van der Waals surface area contributed by atoms with Gasteiger partial charge in [-0.15, -0.1) is 0 Å². The maximum Gasteiger partial charge on any atom is 0.0354 e. The molecule has 0 spiro atoms. The molecule has 1 fully saturated rings. The number of hydrogen-bond acceptors (Lipinski definition) is 2. The quantitative estimate of drug-likeness (QED) is 0.667. The highest BCUT2D eigenvalue weighted by Gasteiger charge is 2.41. The Morgan fingerprint density at radius 2 is 2.20 bits per heavy atom. The zero-order valence-corrected chi connectivity index (χ0v) is 9.00. The smallest absolute Gasteiger partial charge is 0.0354 e. The molecule has 2 aliphatic rings. The van der Waals surface area contributed by atoms with E-state index in [1.54, 1.807) is 0 Å². The molecule has 0 unspecified atom stereocenters. The van der Waals surface area contributed by atoms with Gasteiger partial charge in [-0.2, -0.15) is 0 Å². The van der Waals surface area contributed by atoms with E-state index in [9.17, 15) is 0 Å². The second-order valence-corrected chi connectivity index (χ2v) is 4.95. The highest BCUT2D eigenvalue weighted by Crippen LogP contribution is 2.40. The summed E-state index contributed by atoms with van der Waals surface area (Å²) in [7, 11) is 0. The van der Waals surface area contributed by atoms with Crippen LogP contribution in [-0.4, -0.2) is 18.6 Å². The second kappa shape index (κ2) is 3.32. The molecule has 0 radical (unpaired) electrons. The topological polar surface area (TPSA) is 38.0 Å². The van der Waals surface area contributed by atoms with Crippen molar-refractivity contribution >= 4 is 0 Å². The molecule has 2 heteroatoms. The molecule has 0 bridgehead atoms. The molecular weight excluding hydrogens is 184 g/mol. The van der Waals surface area contributed by atoms with Crippen LogP contribution in [0.2, 0.25) is 0 Å². The molecule has 1 aromatic rings. The van der Waals surface area contributed by atoms with Crippen LogP contribution in [0.25, 0.3) is 0 Å². The van der Waals surface area contributed by atoms with Crippen LogP contribution in [0, 0.1) is 0 Å². The Labute approximate surface area is 90.9 Å². The van der Waals surface area contributed by atoms with E-state index in [0.29, 0.717) is 5.92 Å². The fourth-order valence-corrected chi connectivity index (χ4v) is 3.18. The van der Waals surface area contributed by atoms with Crippen LogP contribution in [0.5, 0.6) is 0 Å². The lowest BCUT2D eigenvalue weighted by Crippen LogP contribution is -2.59. The van der Waals surface area contributed by atoms with Crippen molar-refractivity contribution in [1.82, 2.24) is 5.32 Å². The minimum atomic E-state index is 0.00655. The van der Waals surface area contributed by atoms with Crippen molar-refractivity contribution in [2.45, 2.75) is 30.7 Å². The molecule has 1 saturated heterocycles. The number of nitrogens with two attached hydrogens (primary N) is 1. The van der Waals surface area contributed by atoms with E-state index < -0.39 is 0 Å². The predicted octanol–water partition coefficient (Wildman–Crippen LogP) is 1.41. The van der Waals surface area contributed by atoms with Crippen LogP contribution in [0.3, 0.4) is 0 Å². The molecule has 15 heavy (non-hydrogen) atoms. The summed E-state index contributed by atoms with van der Waals surface area (Å²) < 4.78 is 0. The Morgan fingerprint density at radius 1 is 1.33 bits per heavy atom. The Hall–Kier alpha value is -0.860. The average molecular weight is 202 g/mol. The fourth-order valence-electron chi connectivity index (χ4n) is 3.18. The van der Waals surface area contributed by atoms with Gasteiger partial charge < -0.3 is 11.1 Å². The normalized spacial score (nSPS) is 34.3. The van der Waals surface area contributed by atoms with Crippen molar-refractivity contribution in [1.29, 1.82) is 0 Å². The Balaban J connectivity index is 2.05. The lowest BCUT2D eigenvalue weighted by atomic mass is 9.67. The van der Waals surface area contributed by atoms with E-state index in [2.05, 4.69) is 29.6 Å². The van der Waals surface area contributed by atoms with Crippen LogP contribution in [0.4, 0.5) is 0 Å². The average Bonchev–Trinajstić information content (AvgIpc) is 2.28. The van der Waals surface area contributed by atoms with Crippen LogP contribution in [0.1, 0.15) is 29.9 Å². The number of hydrogen-bond donors (Lipinski definition) is 2. The van der Waals surface area contributed by atoms with Gasteiger partial charge in [0, 0.05) is 18.0 Å². The van der Waals surface area contributed by atoms with E-state index in [-0.39, 0.29) is 5.54 Å². The van der Waals surface area contributed by atoms with Crippen molar-refractivity contribution in [2.24, 2.45) is 5.73 Å². The van der Waals surface area contributed by atoms with Crippen molar-refractivity contribution in [3.05, 3.63) is 35.4 Å².